The van der Waals surface area contributed by atoms with Gasteiger partial charge in [0, 0.05) is 11.6 Å². The number of hydrogen-bond acceptors (Lipinski definition) is 4. The molecule has 0 saturated heterocycles. The van der Waals surface area contributed by atoms with Gasteiger partial charge in [-0.2, -0.15) is 0 Å². The van der Waals surface area contributed by atoms with Crippen molar-refractivity contribution in [2.45, 2.75) is 13.5 Å². The summed E-state index contributed by atoms with van der Waals surface area (Å²) in [6, 6.07) is 14.8. The quantitative estimate of drug-likeness (QED) is 0.558. The van der Waals surface area contributed by atoms with E-state index in [2.05, 4.69) is 15.4 Å². The fourth-order valence-electron chi connectivity index (χ4n) is 2.98. The number of carbonyl (C=O) groups is 1. The van der Waals surface area contributed by atoms with Crippen LogP contribution in [-0.2, 0) is 11.3 Å². The maximum Gasteiger partial charge on any atom is 0.352 e. The number of halogens is 2. The Balaban J connectivity index is 1.64. The van der Waals surface area contributed by atoms with Gasteiger partial charge in [-0.15, -0.1) is 5.10 Å². The lowest BCUT2D eigenvalue weighted by molar-refractivity contribution is -0.117. The first-order valence-corrected chi connectivity index (χ1v) is 9.08. The first-order chi connectivity index (χ1) is 13.9. The van der Waals surface area contributed by atoms with Gasteiger partial charge in [-0.1, -0.05) is 41.9 Å². The number of rotatable bonds is 4. The largest absolute Gasteiger partial charge is 0.352 e. The Bertz CT molecular complexity index is 1280. The summed E-state index contributed by atoms with van der Waals surface area (Å²) in [6.45, 7) is 1.37. The number of anilines is 1. The first-order valence-electron chi connectivity index (χ1n) is 8.70. The van der Waals surface area contributed by atoms with E-state index in [4.69, 9.17) is 11.6 Å². The van der Waals surface area contributed by atoms with Crippen molar-refractivity contribution in [3.05, 3.63) is 81.7 Å². The Morgan fingerprint density at radius 2 is 1.93 bits per heavy atom. The maximum atomic E-state index is 13.1. The predicted octanol–water partition coefficient (Wildman–Crippen LogP) is 3.30. The van der Waals surface area contributed by atoms with E-state index in [1.807, 2.05) is 30.3 Å². The van der Waals surface area contributed by atoms with Crippen molar-refractivity contribution in [2.75, 3.05) is 5.32 Å². The van der Waals surface area contributed by atoms with E-state index < -0.39 is 17.4 Å². The zero-order valence-electron chi connectivity index (χ0n) is 15.3. The summed E-state index contributed by atoms with van der Waals surface area (Å²) in [7, 11) is 0. The summed E-state index contributed by atoms with van der Waals surface area (Å²) in [5.41, 5.74) is 1.72. The highest BCUT2D eigenvalue weighted by Crippen LogP contribution is 2.22. The SMILES string of the molecule is Cc1nc(-c2ccccc2)cc2nn(CC(=O)Nc3ccc(F)cc3Cl)c(=O)n12. The molecule has 0 radical (unpaired) electrons. The number of benzene rings is 2. The Morgan fingerprint density at radius 1 is 1.17 bits per heavy atom. The second-order valence-corrected chi connectivity index (χ2v) is 6.77. The number of aryl methyl sites for hydroxylation is 1. The average molecular weight is 412 g/mol. The molecule has 1 amide bonds. The summed E-state index contributed by atoms with van der Waals surface area (Å²) in [6.07, 6.45) is 0. The highest BCUT2D eigenvalue weighted by Gasteiger charge is 2.15. The molecule has 0 fully saturated rings. The third-order valence-electron chi connectivity index (χ3n) is 4.30. The molecule has 9 heteroatoms. The molecule has 1 N–H and O–H groups in total. The molecule has 0 bridgehead atoms. The highest BCUT2D eigenvalue weighted by molar-refractivity contribution is 6.33. The van der Waals surface area contributed by atoms with Crippen molar-refractivity contribution in [2.24, 2.45) is 0 Å². The Morgan fingerprint density at radius 3 is 2.66 bits per heavy atom. The lowest BCUT2D eigenvalue weighted by Crippen LogP contribution is -2.29. The third kappa shape index (κ3) is 3.74. The van der Waals surface area contributed by atoms with E-state index in [9.17, 15) is 14.0 Å². The lowest BCUT2D eigenvalue weighted by Gasteiger charge is -2.06. The van der Waals surface area contributed by atoms with Crippen LogP contribution in [0.1, 0.15) is 5.82 Å². The number of amides is 1. The molecule has 2 aromatic heterocycles. The fraction of sp³-hybridized carbons (Fsp3) is 0.100. The highest BCUT2D eigenvalue weighted by atomic mass is 35.5. The molecule has 0 saturated carbocycles. The third-order valence-corrected chi connectivity index (χ3v) is 4.62. The Hall–Kier alpha value is -3.52. The lowest BCUT2D eigenvalue weighted by atomic mass is 10.1. The second kappa shape index (κ2) is 7.48. The van der Waals surface area contributed by atoms with Gasteiger partial charge in [0.1, 0.15) is 18.2 Å². The van der Waals surface area contributed by atoms with E-state index in [1.165, 1.54) is 16.5 Å². The summed E-state index contributed by atoms with van der Waals surface area (Å²) in [5.74, 6) is -0.570. The number of nitrogens with one attached hydrogen (secondary N) is 1. The molecule has 2 aromatic carbocycles. The van der Waals surface area contributed by atoms with Crippen molar-refractivity contribution in [1.82, 2.24) is 19.2 Å². The fourth-order valence-corrected chi connectivity index (χ4v) is 3.19. The molecular formula is C20H15ClFN5O2. The molecule has 4 rings (SSSR count). The Kier molecular flexibility index (Phi) is 4.85. The number of fused-ring (bicyclic) bond motifs is 1. The first kappa shape index (κ1) is 18.8. The summed E-state index contributed by atoms with van der Waals surface area (Å²) in [5, 5.41) is 6.86. The van der Waals surface area contributed by atoms with E-state index >= 15 is 0 Å². The zero-order valence-corrected chi connectivity index (χ0v) is 16.0. The van der Waals surface area contributed by atoms with Crippen molar-refractivity contribution in [3.63, 3.8) is 0 Å². The van der Waals surface area contributed by atoms with Gasteiger partial charge in [0.2, 0.25) is 5.91 Å². The number of nitrogens with zero attached hydrogens (tertiary/aromatic N) is 4. The molecule has 0 unspecified atom stereocenters. The Labute approximate surface area is 169 Å². The number of aromatic nitrogens is 4. The smallest absolute Gasteiger partial charge is 0.323 e. The van der Waals surface area contributed by atoms with Crippen LogP contribution in [0.4, 0.5) is 10.1 Å². The van der Waals surface area contributed by atoms with Gasteiger partial charge < -0.3 is 5.32 Å². The van der Waals surface area contributed by atoms with E-state index in [0.29, 0.717) is 17.2 Å². The normalized spacial score (nSPS) is 11.0. The van der Waals surface area contributed by atoms with Crippen LogP contribution in [0.25, 0.3) is 16.9 Å². The van der Waals surface area contributed by atoms with Gasteiger partial charge in [-0.05, 0) is 25.1 Å². The van der Waals surface area contributed by atoms with Crippen molar-refractivity contribution in [1.29, 1.82) is 0 Å². The van der Waals surface area contributed by atoms with Crippen LogP contribution in [-0.4, -0.2) is 25.1 Å². The summed E-state index contributed by atoms with van der Waals surface area (Å²) in [4.78, 5) is 29.5. The standard InChI is InChI=1S/C20H15ClFN5O2/c1-12-23-17(13-5-3-2-4-6-13)10-18-25-26(20(29)27(12)18)11-19(28)24-16-8-7-14(22)9-15(16)21/h2-10H,11H2,1H3,(H,24,28). The van der Waals surface area contributed by atoms with Gasteiger partial charge in [-0.3, -0.25) is 4.79 Å². The van der Waals surface area contributed by atoms with Gasteiger partial charge in [0.05, 0.1) is 16.4 Å². The summed E-state index contributed by atoms with van der Waals surface area (Å²) < 4.78 is 15.5. The number of hydrogen-bond donors (Lipinski definition) is 1. The minimum absolute atomic E-state index is 0.0632. The van der Waals surface area contributed by atoms with Gasteiger partial charge >= 0.3 is 5.69 Å². The van der Waals surface area contributed by atoms with Crippen LogP contribution in [0.5, 0.6) is 0 Å². The molecule has 0 spiro atoms. The van der Waals surface area contributed by atoms with E-state index in [1.54, 1.807) is 13.0 Å². The average Bonchev–Trinajstić information content (AvgIpc) is 3.00. The van der Waals surface area contributed by atoms with Gasteiger partial charge in [0.15, 0.2) is 5.65 Å². The molecule has 0 aliphatic rings. The number of carbonyl (C=O) groups excluding carboxylic acids is 1. The predicted molar refractivity (Wildman–Crippen MR) is 107 cm³/mol. The topological polar surface area (TPSA) is 81.3 Å². The van der Waals surface area contributed by atoms with Crippen LogP contribution in [0.3, 0.4) is 0 Å². The van der Waals surface area contributed by atoms with Crippen molar-refractivity contribution in [3.8, 4) is 11.3 Å². The minimum Gasteiger partial charge on any atom is -0.323 e. The zero-order chi connectivity index (χ0) is 20.5. The molecule has 7 nitrogen and oxygen atoms in total. The second-order valence-electron chi connectivity index (χ2n) is 6.36. The molecule has 0 aliphatic carbocycles. The van der Waals surface area contributed by atoms with Gasteiger partial charge in [0.25, 0.3) is 0 Å². The van der Waals surface area contributed by atoms with E-state index in [0.717, 1.165) is 16.3 Å². The monoisotopic (exact) mass is 411 g/mol. The molecule has 0 aliphatic heterocycles. The van der Waals surface area contributed by atoms with E-state index in [-0.39, 0.29) is 17.3 Å². The molecule has 2 heterocycles. The summed E-state index contributed by atoms with van der Waals surface area (Å²) >= 11 is 5.92. The molecule has 29 heavy (non-hydrogen) atoms. The van der Waals surface area contributed by atoms with Crippen LogP contribution < -0.4 is 11.0 Å². The van der Waals surface area contributed by atoms with Crippen LogP contribution in [0.15, 0.2) is 59.4 Å². The van der Waals surface area contributed by atoms with Crippen LogP contribution in [0, 0.1) is 12.7 Å². The molecular weight excluding hydrogens is 397 g/mol. The van der Waals surface area contributed by atoms with Crippen LogP contribution in [0.2, 0.25) is 5.02 Å². The molecule has 146 valence electrons. The van der Waals surface area contributed by atoms with Gasteiger partial charge in [-0.25, -0.2) is 23.3 Å². The molecule has 4 aromatic rings. The van der Waals surface area contributed by atoms with Crippen LogP contribution >= 0.6 is 11.6 Å². The maximum absolute atomic E-state index is 13.1. The molecule has 0 atom stereocenters. The van der Waals surface area contributed by atoms with Crippen molar-refractivity contribution < 1.29 is 9.18 Å². The minimum atomic E-state index is -0.516. The van der Waals surface area contributed by atoms with Crippen molar-refractivity contribution >= 4 is 28.8 Å².